The molecule has 0 fully saturated rings. The van der Waals surface area contributed by atoms with E-state index in [1.54, 1.807) is 0 Å². The van der Waals surface area contributed by atoms with E-state index in [0.717, 1.165) is 25.3 Å². The van der Waals surface area contributed by atoms with Crippen LogP contribution in [0.3, 0.4) is 0 Å². The van der Waals surface area contributed by atoms with Gasteiger partial charge in [-0.1, -0.05) is 32.1 Å². The maximum absolute atomic E-state index is 6.34. The van der Waals surface area contributed by atoms with Crippen LogP contribution in [0, 0.1) is 6.92 Å². The molecule has 0 amide bonds. The van der Waals surface area contributed by atoms with Crippen molar-refractivity contribution in [3.05, 3.63) is 28.8 Å². The summed E-state index contributed by atoms with van der Waals surface area (Å²) in [6, 6.07) is 2.76. The zero-order chi connectivity index (χ0) is 14.3. The van der Waals surface area contributed by atoms with Crippen LogP contribution < -0.4 is 15.4 Å². The quantitative estimate of drug-likeness (QED) is 0.887. The Morgan fingerprint density at radius 3 is 3.00 bits per heavy atom. The van der Waals surface area contributed by atoms with Crippen LogP contribution in [0.15, 0.2) is 12.1 Å². The molecule has 0 saturated carbocycles. The zero-order valence-corrected chi connectivity index (χ0v) is 12.8. The Morgan fingerprint density at radius 1 is 1.45 bits per heavy atom. The van der Waals surface area contributed by atoms with E-state index in [0.29, 0.717) is 6.04 Å². The third kappa shape index (κ3) is 2.31. The van der Waals surface area contributed by atoms with Crippen molar-refractivity contribution in [2.45, 2.75) is 45.8 Å². The molecule has 0 aliphatic carbocycles. The van der Waals surface area contributed by atoms with Crippen molar-refractivity contribution in [1.82, 2.24) is 5.32 Å². The Labute approximate surface area is 121 Å². The lowest BCUT2D eigenvalue weighted by Crippen LogP contribution is -2.44. The smallest absolute Gasteiger partial charge is 0.132 e. The molecule has 1 aromatic rings. The number of hydrogen-bond donors (Lipinski definition) is 2. The van der Waals surface area contributed by atoms with Gasteiger partial charge in [-0.25, -0.2) is 0 Å². The average Bonchev–Trinajstić information content (AvgIpc) is 2.74. The van der Waals surface area contributed by atoms with E-state index < -0.39 is 0 Å². The largest absolute Gasteiger partial charge is 0.485 e. The first-order valence-electron chi connectivity index (χ1n) is 7.48. The van der Waals surface area contributed by atoms with Crippen molar-refractivity contribution in [2.75, 3.05) is 18.4 Å². The predicted octanol–water partition coefficient (Wildman–Crippen LogP) is 3.13. The summed E-state index contributed by atoms with van der Waals surface area (Å²) in [5.41, 5.74) is 4.96. The van der Waals surface area contributed by atoms with Gasteiger partial charge in [0.05, 0.1) is 0 Å². The monoisotopic (exact) mass is 272 g/mol. The molecule has 1 atom stereocenters. The Hall–Kier alpha value is -1.48. The maximum Gasteiger partial charge on any atom is 0.132 e. The molecule has 108 valence electrons. The minimum Gasteiger partial charge on any atom is -0.485 e. The standard InChI is InChI=1S/C17H24N2O/c1-11(2)19-10-17(4)9-13-8-12(3)15-14(16(13)20-17)6-5-7-18-15/h5-6,8,11,18-19H,7,9-10H2,1-4H3. The molecule has 3 nitrogen and oxygen atoms in total. The zero-order valence-electron chi connectivity index (χ0n) is 12.8. The van der Waals surface area contributed by atoms with E-state index in [1.807, 2.05) is 0 Å². The van der Waals surface area contributed by atoms with E-state index in [4.69, 9.17) is 4.74 Å². The van der Waals surface area contributed by atoms with Gasteiger partial charge in [0.1, 0.15) is 11.4 Å². The maximum atomic E-state index is 6.34. The summed E-state index contributed by atoms with van der Waals surface area (Å²) < 4.78 is 6.34. The molecule has 0 aromatic heterocycles. The summed E-state index contributed by atoms with van der Waals surface area (Å²) in [6.45, 7) is 10.5. The molecule has 2 aliphatic heterocycles. The molecule has 20 heavy (non-hydrogen) atoms. The van der Waals surface area contributed by atoms with Crippen LogP contribution in [-0.4, -0.2) is 24.7 Å². The van der Waals surface area contributed by atoms with E-state index in [1.165, 1.54) is 22.4 Å². The second-order valence-corrected chi connectivity index (χ2v) is 6.52. The fourth-order valence-electron chi connectivity index (χ4n) is 3.09. The van der Waals surface area contributed by atoms with Crippen LogP contribution in [0.25, 0.3) is 6.08 Å². The van der Waals surface area contributed by atoms with Crippen molar-refractivity contribution in [1.29, 1.82) is 0 Å². The fourth-order valence-corrected chi connectivity index (χ4v) is 3.09. The van der Waals surface area contributed by atoms with Crippen molar-refractivity contribution in [2.24, 2.45) is 0 Å². The van der Waals surface area contributed by atoms with Gasteiger partial charge in [-0.05, 0) is 25.0 Å². The number of ether oxygens (including phenoxy) is 1. The summed E-state index contributed by atoms with van der Waals surface area (Å²) in [5, 5.41) is 6.95. The highest BCUT2D eigenvalue weighted by atomic mass is 16.5. The number of aryl methyl sites for hydroxylation is 1. The van der Waals surface area contributed by atoms with Crippen LogP contribution in [0.4, 0.5) is 5.69 Å². The van der Waals surface area contributed by atoms with Gasteiger partial charge >= 0.3 is 0 Å². The lowest BCUT2D eigenvalue weighted by atomic mass is 9.94. The summed E-state index contributed by atoms with van der Waals surface area (Å²) in [7, 11) is 0. The Bertz CT molecular complexity index is 563. The van der Waals surface area contributed by atoms with E-state index >= 15 is 0 Å². The van der Waals surface area contributed by atoms with Crippen LogP contribution in [0.5, 0.6) is 5.75 Å². The molecule has 2 N–H and O–H groups in total. The lowest BCUT2D eigenvalue weighted by Gasteiger charge is -2.26. The van der Waals surface area contributed by atoms with Gasteiger partial charge in [0.2, 0.25) is 0 Å². The molecule has 3 rings (SSSR count). The number of fused-ring (bicyclic) bond motifs is 3. The van der Waals surface area contributed by atoms with E-state index in [9.17, 15) is 0 Å². The van der Waals surface area contributed by atoms with Crippen molar-refractivity contribution in [3.8, 4) is 5.75 Å². The second-order valence-electron chi connectivity index (χ2n) is 6.52. The Balaban J connectivity index is 1.92. The van der Waals surface area contributed by atoms with Crippen LogP contribution >= 0.6 is 0 Å². The molecule has 3 heteroatoms. The first-order valence-corrected chi connectivity index (χ1v) is 7.48. The van der Waals surface area contributed by atoms with Crippen LogP contribution in [0.2, 0.25) is 0 Å². The van der Waals surface area contributed by atoms with Gasteiger partial charge in [0.25, 0.3) is 0 Å². The molecule has 1 unspecified atom stereocenters. The normalized spacial score (nSPS) is 23.2. The molecule has 2 heterocycles. The first-order chi connectivity index (χ1) is 9.48. The lowest BCUT2D eigenvalue weighted by molar-refractivity contribution is 0.112. The second kappa shape index (κ2) is 4.81. The summed E-state index contributed by atoms with van der Waals surface area (Å²) in [5.74, 6) is 1.07. The minimum absolute atomic E-state index is 0.139. The van der Waals surface area contributed by atoms with Gasteiger partial charge in [0, 0.05) is 36.8 Å². The van der Waals surface area contributed by atoms with Crippen LogP contribution in [0.1, 0.15) is 37.5 Å². The molecule has 0 spiro atoms. The third-order valence-electron chi connectivity index (χ3n) is 4.07. The van der Waals surface area contributed by atoms with Crippen molar-refractivity contribution >= 4 is 11.8 Å². The molecule has 1 aromatic carbocycles. The van der Waals surface area contributed by atoms with Gasteiger partial charge in [-0.15, -0.1) is 0 Å². The van der Waals surface area contributed by atoms with Gasteiger partial charge < -0.3 is 15.4 Å². The predicted molar refractivity (Wildman–Crippen MR) is 84.6 cm³/mol. The molecular weight excluding hydrogens is 248 g/mol. The number of rotatable bonds is 3. The molecule has 2 aliphatic rings. The molecular formula is C17H24N2O. The van der Waals surface area contributed by atoms with Crippen molar-refractivity contribution < 1.29 is 4.74 Å². The van der Waals surface area contributed by atoms with Crippen LogP contribution in [-0.2, 0) is 6.42 Å². The number of anilines is 1. The topological polar surface area (TPSA) is 33.3 Å². The summed E-state index contributed by atoms with van der Waals surface area (Å²) >= 11 is 0. The molecule has 0 radical (unpaired) electrons. The minimum atomic E-state index is -0.139. The Morgan fingerprint density at radius 2 is 2.25 bits per heavy atom. The number of nitrogens with one attached hydrogen (secondary N) is 2. The fraction of sp³-hybridized carbons (Fsp3) is 0.529. The van der Waals surface area contributed by atoms with Gasteiger partial charge in [0.15, 0.2) is 0 Å². The molecule has 0 saturated heterocycles. The van der Waals surface area contributed by atoms with E-state index in [-0.39, 0.29) is 5.60 Å². The SMILES string of the molecule is Cc1cc2c(c3c1NCC=C3)OC(C)(CNC(C)C)C2. The highest BCUT2D eigenvalue weighted by Crippen LogP contribution is 2.44. The van der Waals surface area contributed by atoms with Gasteiger partial charge in [-0.3, -0.25) is 0 Å². The number of benzene rings is 1. The van der Waals surface area contributed by atoms with Crippen molar-refractivity contribution in [3.63, 3.8) is 0 Å². The van der Waals surface area contributed by atoms with Gasteiger partial charge in [-0.2, -0.15) is 0 Å². The average molecular weight is 272 g/mol. The summed E-state index contributed by atoms with van der Waals surface area (Å²) in [4.78, 5) is 0. The highest BCUT2D eigenvalue weighted by Gasteiger charge is 2.37. The summed E-state index contributed by atoms with van der Waals surface area (Å²) in [6.07, 6.45) is 5.33. The highest BCUT2D eigenvalue weighted by molar-refractivity contribution is 5.79. The third-order valence-corrected chi connectivity index (χ3v) is 4.07. The molecule has 0 bridgehead atoms. The Kier molecular flexibility index (Phi) is 3.25. The van der Waals surface area contributed by atoms with E-state index in [2.05, 4.69) is 56.5 Å². The number of hydrogen-bond acceptors (Lipinski definition) is 3. The first kappa shape index (κ1) is 13.5.